The second-order valence-electron chi connectivity index (χ2n) is 6.45. The number of aryl methyl sites for hydroxylation is 1. The number of esters is 2. The Morgan fingerprint density at radius 1 is 1.32 bits per heavy atom. The number of ether oxygens (including phenoxy) is 3. The lowest BCUT2D eigenvalue weighted by Crippen LogP contribution is -2.06. The highest BCUT2D eigenvalue weighted by molar-refractivity contribution is 14.1. The number of rotatable bonds is 6. The van der Waals surface area contributed by atoms with Gasteiger partial charge in [-0.15, -0.1) is 0 Å². The van der Waals surface area contributed by atoms with Gasteiger partial charge in [0.25, 0.3) is 5.69 Å². The number of halogens is 1. The summed E-state index contributed by atoms with van der Waals surface area (Å²) in [7, 11) is 0. The van der Waals surface area contributed by atoms with Crippen molar-refractivity contribution in [2.75, 3.05) is 6.61 Å². The molecule has 2 aromatic carbocycles. The lowest BCUT2D eigenvalue weighted by Gasteiger charge is -2.12. The molecule has 0 radical (unpaired) electrons. The monoisotopic (exact) mass is 536 g/mol. The zero-order chi connectivity index (χ0) is 22.7. The molecular weight excluding hydrogens is 519 g/mol. The van der Waals surface area contributed by atoms with Crippen LogP contribution >= 0.6 is 22.6 Å². The van der Waals surface area contributed by atoms with E-state index >= 15 is 0 Å². The van der Waals surface area contributed by atoms with Crippen molar-refractivity contribution >= 4 is 52.2 Å². The van der Waals surface area contributed by atoms with E-state index < -0.39 is 16.9 Å². The SMILES string of the molecule is CCOc1cc(/C=C2/N=C(c3ccc(C)c([N+](=O)[O-])c3)OC2=O)cc(I)c1OC(C)=O. The summed E-state index contributed by atoms with van der Waals surface area (Å²) in [4.78, 5) is 38.6. The fraction of sp³-hybridized carbons (Fsp3) is 0.190. The third-order valence-corrected chi connectivity index (χ3v) is 4.96. The molecule has 0 N–H and O–H groups in total. The summed E-state index contributed by atoms with van der Waals surface area (Å²) >= 11 is 2.00. The van der Waals surface area contributed by atoms with Crippen LogP contribution in [-0.2, 0) is 14.3 Å². The van der Waals surface area contributed by atoms with Gasteiger partial charge in [-0.2, -0.15) is 0 Å². The lowest BCUT2D eigenvalue weighted by molar-refractivity contribution is -0.385. The second-order valence-corrected chi connectivity index (χ2v) is 7.61. The molecule has 0 saturated carbocycles. The number of aliphatic imine (C=N–C) groups is 1. The maximum atomic E-state index is 12.3. The lowest BCUT2D eigenvalue weighted by atomic mass is 10.1. The molecule has 0 unspecified atom stereocenters. The number of hydrogen-bond donors (Lipinski definition) is 0. The van der Waals surface area contributed by atoms with Crippen LogP contribution in [0.15, 0.2) is 41.0 Å². The van der Waals surface area contributed by atoms with Gasteiger partial charge in [-0.1, -0.05) is 6.07 Å². The van der Waals surface area contributed by atoms with Crippen LogP contribution in [0.25, 0.3) is 6.08 Å². The number of hydrogen-bond acceptors (Lipinski definition) is 8. The molecule has 0 amide bonds. The van der Waals surface area contributed by atoms with Gasteiger partial charge in [-0.3, -0.25) is 14.9 Å². The second kappa shape index (κ2) is 9.25. The maximum absolute atomic E-state index is 12.3. The molecule has 9 nitrogen and oxygen atoms in total. The van der Waals surface area contributed by atoms with Gasteiger partial charge in [0.05, 0.1) is 15.1 Å². The van der Waals surface area contributed by atoms with Gasteiger partial charge in [0, 0.05) is 24.1 Å². The van der Waals surface area contributed by atoms with Gasteiger partial charge in [-0.25, -0.2) is 9.79 Å². The van der Waals surface area contributed by atoms with E-state index in [9.17, 15) is 19.7 Å². The molecule has 1 aliphatic heterocycles. The first-order chi connectivity index (χ1) is 14.7. The molecule has 0 atom stereocenters. The Morgan fingerprint density at radius 3 is 2.71 bits per heavy atom. The number of carbonyl (C=O) groups excluding carboxylic acids is 2. The first kappa shape index (κ1) is 22.4. The van der Waals surface area contributed by atoms with Crippen LogP contribution in [0.3, 0.4) is 0 Å². The minimum atomic E-state index is -0.685. The predicted octanol–water partition coefficient (Wildman–Crippen LogP) is 4.18. The summed E-state index contributed by atoms with van der Waals surface area (Å²) in [6.45, 7) is 5.05. The van der Waals surface area contributed by atoms with Gasteiger partial charge in [0.15, 0.2) is 17.2 Å². The van der Waals surface area contributed by atoms with Crippen molar-refractivity contribution in [1.29, 1.82) is 0 Å². The zero-order valence-electron chi connectivity index (χ0n) is 16.8. The highest BCUT2D eigenvalue weighted by Crippen LogP contribution is 2.35. The van der Waals surface area contributed by atoms with E-state index in [2.05, 4.69) is 4.99 Å². The molecule has 3 rings (SSSR count). The quantitative estimate of drug-likeness (QED) is 0.136. The van der Waals surface area contributed by atoms with Crippen molar-refractivity contribution in [3.05, 3.63) is 66.4 Å². The summed E-state index contributed by atoms with van der Waals surface area (Å²) < 4.78 is 16.6. The molecule has 1 heterocycles. The third kappa shape index (κ3) is 5.08. The molecular formula is C21H17IN2O7. The zero-order valence-corrected chi connectivity index (χ0v) is 19.0. The largest absolute Gasteiger partial charge is 0.490 e. The molecule has 2 aromatic rings. The number of benzene rings is 2. The number of nitrogens with zero attached hydrogens (tertiary/aromatic N) is 2. The van der Waals surface area contributed by atoms with E-state index in [1.807, 2.05) is 22.6 Å². The van der Waals surface area contributed by atoms with Crippen molar-refractivity contribution in [2.45, 2.75) is 20.8 Å². The molecule has 0 saturated heterocycles. The summed E-state index contributed by atoms with van der Waals surface area (Å²) in [6, 6.07) is 7.80. The number of cyclic esters (lactones) is 1. The molecule has 160 valence electrons. The van der Waals surface area contributed by atoms with E-state index in [-0.39, 0.29) is 17.3 Å². The fourth-order valence-corrected chi connectivity index (χ4v) is 3.54. The minimum Gasteiger partial charge on any atom is -0.490 e. The molecule has 31 heavy (non-hydrogen) atoms. The average molecular weight is 536 g/mol. The first-order valence-electron chi connectivity index (χ1n) is 9.12. The molecule has 0 aromatic heterocycles. The van der Waals surface area contributed by atoms with Crippen LogP contribution in [0, 0.1) is 20.6 Å². The molecule has 0 aliphatic carbocycles. The van der Waals surface area contributed by atoms with Crippen molar-refractivity contribution in [2.24, 2.45) is 4.99 Å². The number of carbonyl (C=O) groups is 2. The molecule has 1 aliphatic rings. The Bertz CT molecular complexity index is 1150. The predicted molar refractivity (Wildman–Crippen MR) is 120 cm³/mol. The van der Waals surface area contributed by atoms with Crippen LogP contribution in [-0.4, -0.2) is 29.4 Å². The fourth-order valence-electron chi connectivity index (χ4n) is 2.81. The number of nitro groups is 1. The Labute approximate surface area is 191 Å². The standard InChI is InChI=1S/C21H17IN2O7/c1-4-29-18-9-13(7-15(22)19(18)30-12(3)25)8-16-21(26)31-20(23-16)14-6-5-11(2)17(10-14)24(27)28/h5-10H,4H2,1-3H3/b16-8+. The van der Waals surface area contributed by atoms with Crippen LogP contribution < -0.4 is 9.47 Å². The van der Waals surface area contributed by atoms with E-state index in [0.29, 0.717) is 38.4 Å². The van der Waals surface area contributed by atoms with Crippen molar-refractivity contribution in [3.8, 4) is 11.5 Å². The topological polar surface area (TPSA) is 117 Å². The normalized spacial score (nSPS) is 14.3. The molecule has 10 heteroatoms. The van der Waals surface area contributed by atoms with Gasteiger partial charge in [0.2, 0.25) is 5.90 Å². The summed E-state index contributed by atoms with van der Waals surface area (Å²) in [6.07, 6.45) is 1.50. The van der Waals surface area contributed by atoms with Crippen LogP contribution in [0.5, 0.6) is 11.5 Å². The summed E-state index contributed by atoms with van der Waals surface area (Å²) in [5.41, 5.74) is 1.32. The highest BCUT2D eigenvalue weighted by atomic mass is 127. The Balaban J connectivity index is 1.99. The van der Waals surface area contributed by atoms with Crippen LogP contribution in [0.4, 0.5) is 5.69 Å². The highest BCUT2D eigenvalue weighted by Gasteiger charge is 2.26. The van der Waals surface area contributed by atoms with Crippen molar-refractivity contribution in [3.63, 3.8) is 0 Å². The van der Waals surface area contributed by atoms with Gasteiger partial charge >= 0.3 is 11.9 Å². The Hall–Kier alpha value is -3.28. The molecule has 0 spiro atoms. The third-order valence-electron chi connectivity index (χ3n) is 4.15. The Morgan fingerprint density at radius 2 is 2.06 bits per heavy atom. The van der Waals surface area contributed by atoms with E-state index in [4.69, 9.17) is 14.2 Å². The van der Waals surface area contributed by atoms with Crippen molar-refractivity contribution in [1.82, 2.24) is 0 Å². The molecule has 0 fully saturated rings. The van der Waals surface area contributed by atoms with Gasteiger partial charge in [-0.05, 0) is 66.3 Å². The average Bonchev–Trinajstić information content (AvgIpc) is 3.05. The molecule has 0 bridgehead atoms. The van der Waals surface area contributed by atoms with Crippen LogP contribution in [0.1, 0.15) is 30.5 Å². The van der Waals surface area contributed by atoms with E-state index in [1.165, 1.54) is 19.1 Å². The number of nitro benzene ring substituents is 1. The van der Waals surface area contributed by atoms with Gasteiger partial charge < -0.3 is 14.2 Å². The summed E-state index contributed by atoms with van der Waals surface area (Å²) in [5.74, 6) is -0.542. The minimum absolute atomic E-state index is 0.0180. The maximum Gasteiger partial charge on any atom is 0.363 e. The summed E-state index contributed by atoms with van der Waals surface area (Å²) in [5, 5.41) is 11.2. The smallest absolute Gasteiger partial charge is 0.363 e. The van der Waals surface area contributed by atoms with Crippen molar-refractivity contribution < 1.29 is 28.7 Å². The van der Waals surface area contributed by atoms with E-state index in [1.54, 1.807) is 38.1 Å². The van der Waals surface area contributed by atoms with Gasteiger partial charge in [0.1, 0.15) is 0 Å². The Kier molecular flexibility index (Phi) is 6.68. The van der Waals surface area contributed by atoms with Crippen LogP contribution in [0.2, 0.25) is 0 Å². The first-order valence-corrected chi connectivity index (χ1v) is 10.2. The van der Waals surface area contributed by atoms with E-state index in [0.717, 1.165) is 0 Å².